The maximum Gasteiger partial charge on any atom is 0.446 e. The van der Waals surface area contributed by atoms with Gasteiger partial charge < -0.3 is 5.73 Å². The molecule has 1 aromatic rings. The molecule has 0 spiro atoms. The van der Waals surface area contributed by atoms with Crippen molar-refractivity contribution in [3.05, 3.63) is 35.6 Å². The molecule has 1 unspecified atom stereocenters. The number of benzene rings is 1. The van der Waals surface area contributed by atoms with Crippen molar-refractivity contribution < 1.29 is 23.3 Å². The second-order valence-corrected chi connectivity index (χ2v) is 7.44. The lowest BCUT2D eigenvalue weighted by atomic mass is 9.93. The number of hydrogen-bond donors (Lipinski definition) is 1. The van der Waals surface area contributed by atoms with Crippen molar-refractivity contribution >= 4 is 29.4 Å². The molecule has 29 heavy (non-hydrogen) atoms. The first-order chi connectivity index (χ1) is 13.9. The lowest BCUT2D eigenvalue weighted by Gasteiger charge is -2.23. The highest BCUT2D eigenvalue weighted by Crippen LogP contribution is 2.43. The van der Waals surface area contributed by atoms with Crippen LogP contribution >= 0.6 is 0 Å². The number of amides is 4. The van der Waals surface area contributed by atoms with E-state index in [1.807, 2.05) is 13.8 Å². The third kappa shape index (κ3) is 4.26. The van der Waals surface area contributed by atoms with Crippen LogP contribution in [0.1, 0.15) is 51.0 Å². The van der Waals surface area contributed by atoms with Crippen molar-refractivity contribution in [2.24, 2.45) is 16.6 Å². The lowest BCUT2D eigenvalue weighted by molar-refractivity contribution is -0.436. The maximum atomic E-state index is 13.3. The minimum atomic E-state index is -0.649. The normalized spacial score (nSPS) is 19.8. The first-order valence-electron chi connectivity index (χ1n) is 10.0. The highest BCUT2D eigenvalue weighted by molar-refractivity contribution is 6.67. The highest BCUT2D eigenvalue weighted by atomic mass is 19.1. The highest BCUT2D eigenvalue weighted by Gasteiger charge is 2.44. The van der Waals surface area contributed by atoms with Crippen molar-refractivity contribution in [3.8, 4) is 0 Å². The predicted octanol–water partition coefficient (Wildman–Crippen LogP) is 2.44. The molecule has 1 fully saturated rings. The van der Waals surface area contributed by atoms with E-state index in [9.17, 15) is 18.8 Å². The molecule has 8 heteroatoms. The number of nitrogens with zero attached hydrogens (tertiary/aromatic N) is 3. The summed E-state index contributed by atoms with van der Waals surface area (Å²) in [6, 6.07) is 5.27. The van der Waals surface area contributed by atoms with E-state index >= 15 is 0 Å². The fourth-order valence-electron chi connectivity index (χ4n) is 3.56. The molecule has 7 nitrogen and oxygen atoms in total. The summed E-state index contributed by atoms with van der Waals surface area (Å²) in [6.07, 6.45) is 2.96. The Kier molecular flexibility index (Phi) is 6.20. The van der Waals surface area contributed by atoms with Crippen LogP contribution in [0.3, 0.4) is 0 Å². The average molecular weight is 401 g/mol. The average Bonchev–Trinajstić information content (AvgIpc) is 3.52. The van der Waals surface area contributed by atoms with Crippen LogP contribution in [-0.4, -0.2) is 52.0 Å². The first kappa shape index (κ1) is 20.8. The van der Waals surface area contributed by atoms with Gasteiger partial charge in [-0.1, -0.05) is 26.0 Å². The number of hydrogen-bond acceptors (Lipinski definition) is 4. The summed E-state index contributed by atoms with van der Waals surface area (Å²) in [7, 11) is 0. The van der Waals surface area contributed by atoms with Crippen LogP contribution in [0.25, 0.3) is 0 Å². The van der Waals surface area contributed by atoms with Crippen LogP contribution in [0.4, 0.5) is 9.18 Å². The van der Waals surface area contributed by atoms with Gasteiger partial charge in [0, 0.05) is 0 Å². The first-order valence-corrected chi connectivity index (χ1v) is 10.0. The molecule has 1 atom stereocenters. The van der Waals surface area contributed by atoms with E-state index in [4.69, 9.17) is 5.73 Å². The van der Waals surface area contributed by atoms with Crippen LogP contribution in [0.15, 0.2) is 29.3 Å². The number of imide groups is 1. The Hall–Kier alpha value is -2.90. The van der Waals surface area contributed by atoms with Gasteiger partial charge >= 0.3 is 11.9 Å². The molecule has 0 aromatic heterocycles. The Morgan fingerprint density at radius 1 is 1.24 bits per heavy atom. The molecule has 1 saturated carbocycles. The van der Waals surface area contributed by atoms with Crippen molar-refractivity contribution in [1.82, 2.24) is 4.90 Å². The van der Waals surface area contributed by atoms with Gasteiger partial charge in [0.05, 0.1) is 19.0 Å². The smallest absolute Gasteiger partial charge is 0.316 e. The monoisotopic (exact) mass is 401 g/mol. The predicted molar refractivity (Wildman–Crippen MR) is 106 cm³/mol. The number of amidine groups is 1. The molecule has 0 radical (unpaired) electrons. The molecule has 4 amide bonds. The molecule has 1 heterocycles. The van der Waals surface area contributed by atoms with Crippen molar-refractivity contribution in [1.29, 1.82) is 0 Å². The van der Waals surface area contributed by atoms with Gasteiger partial charge in [-0.15, -0.1) is 0 Å². The van der Waals surface area contributed by atoms with E-state index < -0.39 is 23.8 Å². The van der Waals surface area contributed by atoms with Gasteiger partial charge in [0.2, 0.25) is 5.71 Å². The maximum absolute atomic E-state index is 13.3. The van der Waals surface area contributed by atoms with Crippen molar-refractivity contribution in [2.75, 3.05) is 13.1 Å². The molecule has 1 aliphatic heterocycles. The fourth-order valence-corrected chi connectivity index (χ4v) is 3.56. The van der Waals surface area contributed by atoms with Crippen molar-refractivity contribution in [3.63, 3.8) is 0 Å². The van der Waals surface area contributed by atoms with Gasteiger partial charge in [-0.3, -0.25) is 4.79 Å². The SMILES string of the molecule is CCCN1C(=O)C(=NC(=O)C(c2ccc(F)cc2)C2CC2)C(N)=[N+](CCC)C1=O. The number of halogens is 1. The second kappa shape index (κ2) is 8.63. The van der Waals surface area contributed by atoms with E-state index in [0.29, 0.717) is 24.9 Å². The van der Waals surface area contributed by atoms with Gasteiger partial charge in [-0.05, 0) is 49.3 Å². The summed E-state index contributed by atoms with van der Waals surface area (Å²) < 4.78 is 14.6. The quantitative estimate of drug-likeness (QED) is 0.710. The second-order valence-electron chi connectivity index (χ2n) is 7.44. The Bertz CT molecular complexity index is 888. The number of rotatable bonds is 7. The molecule has 2 N–H and O–H groups in total. The van der Waals surface area contributed by atoms with Crippen LogP contribution < -0.4 is 5.73 Å². The zero-order valence-corrected chi connectivity index (χ0v) is 16.7. The number of carbonyl (C=O) groups excluding carboxylic acids is 3. The van der Waals surface area contributed by atoms with Gasteiger partial charge in [-0.25, -0.2) is 14.0 Å². The van der Waals surface area contributed by atoms with E-state index in [1.54, 1.807) is 12.1 Å². The topological polar surface area (TPSA) is 95.8 Å². The van der Waals surface area contributed by atoms with Gasteiger partial charge in [0.15, 0.2) is 0 Å². The van der Waals surface area contributed by atoms with E-state index in [1.165, 1.54) is 16.7 Å². The van der Waals surface area contributed by atoms with Gasteiger partial charge in [0.1, 0.15) is 5.82 Å². The van der Waals surface area contributed by atoms with Gasteiger partial charge in [-0.2, -0.15) is 14.5 Å². The lowest BCUT2D eigenvalue weighted by Crippen LogP contribution is -2.58. The molecular formula is C21H26FN4O3+. The molecule has 3 rings (SSSR count). The largest absolute Gasteiger partial charge is 0.446 e. The summed E-state index contributed by atoms with van der Waals surface area (Å²) in [5.41, 5.74) is 6.56. The summed E-state index contributed by atoms with van der Waals surface area (Å²) in [5.74, 6) is -2.06. The van der Waals surface area contributed by atoms with Crippen LogP contribution in [0.2, 0.25) is 0 Å². The fraction of sp³-hybridized carbons (Fsp3) is 0.476. The zero-order chi connectivity index (χ0) is 21.1. The van der Waals surface area contributed by atoms with E-state index in [0.717, 1.165) is 17.7 Å². The zero-order valence-electron chi connectivity index (χ0n) is 16.7. The molecule has 0 bridgehead atoms. The Balaban J connectivity index is 2.00. The summed E-state index contributed by atoms with van der Waals surface area (Å²) in [6.45, 7) is 4.30. The number of urea groups is 1. The molecule has 154 valence electrons. The summed E-state index contributed by atoms with van der Waals surface area (Å²) >= 11 is 0. The minimum Gasteiger partial charge on any atom is -0.316 e. The molecular weight excluding hydrogens is 375 g/mol. The number of nitrogens with two attached hydrogens (primary N) is 1. The number of aliphatic imine (C=N–C) groups is 1. The minimum absolute atomic E-state index is 0.0868. The molecule has 2 aliphatic rings. The van der Waals surface area contributed by atoms with Crippen molar-refractivity contribution in [2.45, 2.75) is 45.4 Å². The Morgan fingerprint density at radius 3 is 2.45 bits per heavy atom. The van der Waals surface area contributed by atoms with Crippen LogP contribution in [0, 0.1) is 11.7 Å². The summed E-state index contributed by atoms with van der Waals surface area (Å²) in [5, 5.41) is 0. The molecule has 0 saturated heterocycles. The third-order valence-electron chi connectivity index (χ3n) is 5.15. The van der Waals surface area contributed by atoms with Crippen LogP contribution in [0.5, 0.6) is 0 Å². The van der Waals surface area contributed by atoms with Gasteiger partial charge in [0.25, 0.3) is 11.7 Å². The standard InChI is InChI=1S/C21H25FN4O3/c1-3-11-25-18(23)17(20(28)26(12-4-2)21(25)29)24-19(27)16(13-5-6-13)14-7-9-15(22)10-8-14/h7-10,13,16,23H,3-6,11-12H2,1-2H3/p+1. The number of carbonyl (C=O) groups is 3. The molecule has 1 aromatic carbocycles. The van der Waals surface area contributed by atoms with E-state index in [2.05, 4.69) is 4.99 Å². The summed E-state index contributed by atoms with van der Waals surface area (Å²) in [4.78, 5) is 43.7. The Labute approximate surface area is 169 Å². The van der Waals surface area contributed by atoms with E-state index in [-0.39, 0.29) is 29.8 Å². The van der Waals surface area contributed by atoms with Crippen LogP contribution in [-0.2, 0) is 9.59 Å². The third-order valence-corrected chi connectivity index (χ3v) is 5.15. The Morgan fingerprint density at radius 2 is 1.90 bits per heavy atom. The molecule has 1 aliphatic carbocycles.